The van der Waals surface area contributed by atoms with E-state index < -0.39 is 0 Å². The third-order valence-corrected chi connectivity index (χ3v) is 10.7. The van der Waals surface area contributed by atoms with Gasteiger partial charge in [0.25, 0.3) is 0 Å². The molecule has 0 aliphatic heterocycles. The van der Waals surface area contributed by atoms with Crippen molar-refractivity contribution >= 4 is 43.1 Å². The summed E-state index contributed by atoms with van der Waals surface area (Å²) < 4.78 is 0. The summed E-state index contributed by atoms with van der Waals surface area (Å²) in [7, 11) is 0. The minimum absolute atomic E-state index is 1.21. The van der Waals surface area contributed by atoms with Crippen LogP contribution in [-0.4, -0.2) is 0 Å². The molecule has 10 aromatic rings. The molecule has 0 aromatic heterocycles. The molecule has 0 amide bonds. The van der Waals surface area contributed by atoms with Gasteiger partial charge < -0.3 is 0 Å². The van der Waals surface area contributed by atoms with Crippen LogP contribution in [0.25, 0.3) is 98.7 Å². The molecule has 0 nitrogen and oxygen atoms in total. The molecule has 52 heavy (non-hydrogen) atoms. The summed E-state index contributed by atoms with van der Waals surface area (Å²) in [4.78, 5) is 0. The first kappa shape index (κ1) is 30.1. The molecule has 0 saturated carbocycles. The maximum atomic E-state index is 2.38. The van der Waals surface area contributed by atoms with E-state index in [0.29, 0.717) is 0 Å². The molecule has 0 heterocycles. The maximum Gasteiger partial charge on any atom is -0.00201 e. The van der Waals surface area contributed by atoms with Crippen LogP contribution >= 0.6 is 0 Å². The molecule has 0 saturated heterocycles. The van der Waals surface area contributed by atoms with E-state index in [2.05, 4.69) is 206 Å². The normalized spacial score (nSPS) is 11.5. The molecular weight excluding hydrogens is 625 g/mol. The SMILES string of the molecule is c1ccc(-c2ccccc2-c2ccc(-c3ccc4ccc(-c5c6ccccc6c(-c6cccc7ccccc67)c6ccccc56)cc4c3)cc2)cc1. The van der Waals surface area contributed by atoms with Crippen molar-refractivity contribution in [2.24, 2.45) is 0 Å². The second-order valence-electron chi connectivity index (χ2n) is 13.6. The van der Waals surface area contributed by atoms with Crippen LogP contribution in [0.4, 0.5) is 0 Å². The van der Waals surface area contributed by atoms with E-state index >= 15 is 0 Å². The lowest BCUT2D eigenvalue weighted by Gasteiger charge is -2.19. The summed E-state index contributed by atoms with van der Waals surface area (Å²) in [5.41, 5.74) is 12.5. The van der Waals surface area contributed by atoms with Crippen LogP contribution in [0.15, 0.2) is 206 Å². The molecule has 0 radical (unpaired) electrons. The Balaban J connectivity index is 1.10. The number of rotatable bonds is 5. The van der Waals surface area contributed by atoms with Gasteiger partial charge in [0, 0.05) is 0 Å². The van der Waals surface area contributed by atoms with Crippen molar-refractivity contribution < 1.29 is 0 Å². The fourth-order valence-corrected chi connectivity index (χ4v) is 8.20. The first-order valence-corrected chi connectivity index (χ1v) is 18.0. The quantitative estimate of drug-likeness (QED) is 0.161. The molecule has 0 fully saturated rings. The lowest BCUT2D eigenvalue weighted by atomic mass is 9.84. The third kappa shape index (κ3) is 5.08. The Morgan fingerprint density at radius 2 is 0.635 bits per heavy atom. The van der Waals surface area contributed by atoms with E-state index in [1.807, 2.05) is 0 Å². The Morgan fingerprint density at radius 3 is 1.31 bits per heavy atom. The summed E-state index contributed by atoms with van der Waals surface area (Å²) in [6.07, 6.45) is 0. The van der Waals surface area contributed by atoms with E-state index in [1.54, 1.807) is 0 Å². The van der Waals surface area contributed by atoms with Gasteiger partial charge in [-0.1, -0.05) is 194 Å². The Morgan fingerprint density at radius 1 is 0.192 bits per heavy atom. The molecule has 0 aliphatic carbocycles. The molecule has 0 atom stereocenters. The highest BCUT2D eigenvalue weighted by Crippen LogP contribution is 2.45. The zero-order valence-corrected chi connectivity index (χ0v) is 28.6. The third-order valence-electron chi connectivity index (χ3n) is 10.7. The number of fused-ring (bicyclic) bond motifs is 4. The van der Waals surface area contributed by atoms with Crippen LogP contribution in [-0.2, 0) is 0 Å². The molecule has 0 spiro atoms. The van der Waals surface area contributed by atoms with Gasteiger partial charge in [0.2, 0.25) is 0 Å². The molecule has 0 N–H and O–H groups in total. The first-order chi connectivity index (χ1) is 25.8. The van der Waals surface area contributed by atoms with E-state index in [4.69, 9.17) is 0 Å². The first-order valence-electron chi connectivity index (χ1n) is 18.0. The largest absolute Gasteiger partial charge is 0.0622 e. The predicted molar refractivity (Wildman–Crippen MR) is 224 cm³/mol. The summed E-state index contributed by atoms with van der Waals surface area (Å²) in [5, 5.41) is 10.1. The molecule has 0 unspecified atom stereocenters. The molecule has 0 heteroatoms. The summed E-state index contributed by atoms with van der Waals surface area (Å²) in [5.74, 6) is 0. The van der Waals surface area contributed by atoms with Crippen LogP contribution in [0, 0.1) is 0 Å². The lowest BCUT2D eigenvalue weighted by Crippen LogP contribution is -1.91. The van der Waals surface area contributed by atoms with Gasteiger partial charge >= 0.3 is 0 Å². The average Bonchev–Trinajstić information content (AvgIpc) is 3.22. The second-order valence-corrected chi connectivity index (χ2v) is 13.6. The number of hydrogen-bond donors (Lipinski definition) is 0. The number of hydrogen-bond acceptors (Lipinski definition) is 0. The monoisotopic (exact) mass is 658 g/mol. The standard InChI is InChI=1S/C52H34/c1-2-13-37(14-3-1)43-17-6-7-18-44(43)39-29-25-35(26-30-39)40-31-27-36-28-32-41(34-42(36)33-40)51-47-20-8-10-22-49(47)52(50-23-11-9-21-48(50)51)46-24-12-16-38-15-4-5-19-45(38)46/h1-34H. The highest BCUT2D eigenvalue weighted by atomic mass is 14.2. The Bertz CT molecular complexity index is 2870. The Kier molecular flexibility index (Phi) is 7.25. The fraction of sp³-hybridized carbons (Fsp3) is 0. The maximum absolute atomic E-state index is 2.38. The molecular formula is C52H34. The van der Waals surface area contributed by atoms with Gasteiger partial charge in [0.15, 0.2) is 0 Å². The Hall–Kier alpha value is -6.76. The summed E-state index contributed by atoms with van der Waals surface area (Å²) in [6, 6.07) is 75.4. The smallest absolute Gasteiger partial charge is 0.00201 e. The van der Waals surface area contributed by atoms with E-state index in [1.165, 1.54) is 98.7 Å². The number of benzene rings is 10. The van der Waals surface area contributed by atoms with Crippen molar-refractivity contribution in [3.05, 3.63) is 206 Å². The zero-order chi connectivity index (χ0) is 34.4. The minimum Gasteiger partial charge on any atom is -0.0622 e. The van der Waals surface area contributed by atoms with Crippen molar-refractivity contribution in [3.63, 3.8) is 0 Å². The minimum atomic E-state index is 1.21. The van der Waals surface area contributed by atoms with Gasteiger partial charge in [-0.25, -0.2) is 0 Å². The van der Waals surface area contributed by atoms with Gasteiger partial charge in [-0.2, -0.15) is 0 Å². The van der Waals surface area contributed by atoms with Crippen LogP contribution < -0.4 is 0 Å². The van der Waals surface area contributed by atoms with Gasteiger partial charge in [-0.3, -0.25) is 0 Å². The van der Waals surface area contributed by atoms with Crippen molar-refractivity contribution in [2.45, 2.75) is 0 Å². The van der Waals surface area contributed by atoms with Gasteiger partial charge in [0.1, 0.15) is 0 Å². The molecule has 10 rings (SSSR count). The van der Waals surface area contributed by atoms with E-state index in [0.717, 1.165) is 0 Å². The van der Waals surface area contributed by atoms with Crippen molar-refractivity contribution in [1.29, 1.82) is 0 Å². The van der Waals surface area contributed by atoms with Crippen LogP contribution in [0.2, 0.25) is 0 Å². The molecule has 0 aliphatic rings. The fourth-order valence-electron chi connectivity index (χ4n) is 8.20. The highest BCUT2D eigenvalue weighted by molar-refractivity contribution is 6.23. The lowest BCUT2D eigenvalue weighted by molar-refractivity contribution is 1.57. The summed E-state index contributed by atoms with van der Waals surface area (Å²) >= 11 is 0. The van der Waals surface area contributed by atoms with Crippen LogP contribution in [0.1, 0.15) is 0 Å². The van der Waals surface area contributed by atoms with Gasteiger partial charge in [0.05, 0.1) is 0 Å². The van der Waals surface area contributed by atoms with E-state index in [9.17, 15) is 0 Å². The predicted octanol–water partition coefficient (Wildman–Crippen LogP) is 14.6. The molecule has 0 bridgehead atoms. The van der Waals surface area contributed by atoms with Crippen molar-refractivity contribution in [3.8, 4) is 55.6 Å². The second kappa shape index (κ2) is 12.5. The van der Waals surface area contributed by atoms with Crippen LogP contribution in [0.5, 0.6) is 0 Å². The average molecular weight is 659 g/mol. The van der Waals surface area contributed by atoms with Crippen LogP contribution in [0.3, 0.4) is 0 Å². The molecule has 242 valence electrons. The Labute approximate surface area is 303 Å². The zero-order valence-electron chi connectivity index (χ0n) is 28.6. The molecule has 10 aromatic carbocycles. The topological polar surface area (TPSA) is 0 Å². The van der Waals surface area contributed by atoms with Gasteiger partial charge in [-0.05, 0) is 111 Å². The van der Waals surface area contributed by atoms with E-state index in [-0.39, 0.29) is 0 Å². The van der Waals surface area contributed by atoms with Crippen molar-refractivity contribution in [2.75, 3.05) is 0 Å². The highest BCUT2D eigenvalue weighted by Gasteiger charge is 2.18. The van der Waals surface area contributed by atoms with Crippen molar-refractivity contribution in [1.82, 2.24) is 0 Å². The summed E-state index contributed by atoms with van der Waals surface area (Å²) in [6.45, 7) is 0. The van der Waals surface area contributed by atoms with Gasteiger partial charge in [-0.15, -0.1) is 0 Å².